The minimum Gasteiger partial charge on any atom is -0.349 e. The van der Waals surface area contributed by atoms with Crippen LogP contribution < -0.4 is 10.9 Å². The number of hydrogen-bond donors (Lipinski definition) is 1. The quantitative estimate of drug-likeness (QED) is 0.390. The lowest BCUT2D eigenvalue weighted by molar-refractivity contribution is -0.120. The summed E-state index contributed by atoms with van der Waals surface area (Å²) in [5.41, 5.74) is 1.44. The Hall–Kier alpha value is -3.20. The van der Waals surface area contributed by atoms with Crippen molar-refractivity contribution in [2.45, 2.75) is 56.6 Å². The Labute approximate surface area is 195 Å². The Morgan fingerprint density at radius 3 is 2.58 bits per heavy atom. The zero-order valence-corrected chi connectivity index (χ0v) is 19.6. The Kier molecular flexibility index (Phi) is 6.78. The highest BCUT2D eigenvalue weighted by Crippen LogP contribution is 2.26. The van der Waals surface area contributed by atoms with Crippen LogP contribution in [0.3, 0.4) is 0 Å². The number of nitrogens with zero attached hydrogens (tertiary/aromatic N) is 4. The van der Waals surface area contributed by atoms with Gasteiger partial charge in [-0.25, -0.2) is 4.39 Å². The molecule has 0 spiro atoms. The van der Waals surface area contributed by atoms with Gasteiger partial charge in [0, 0.05) is 6.54 Å². The minimum atomic E-state index is -0.463. The van der Waals surface area contributed by atoms with Crippen molar-refractivity contribution in [1.29, 1.82) is 0 Å². The Morgan fingerprint density at radius 2 is 1.85 bits per heavy atom. The molecule has 0 saturated carbocycles. The van der Waals surface area contributed by atoms with Gasteiger partial charge in [0.1, 0.15) is 5.82 Å². The molecular formula is C24H26FN5O2S. The molecule has 4 rings (SSSR count). The van der Waals surface area contributed by atoms with Crippen LogP contribution in [0, 0.1) is 5.82 Å². The summed E-state index contributed by atoms with van der Waals surface area (Å²) in [5.74, 6) is -0.0105. The number of fused-ring (bicyclic) bond motifs is 3. The number of para-hydroxylation sites is 1. The van der Waals surface area contributed by atoms with Crippen LogP contribution in [0.25, 0.3) is 16.7 Å². The standard InChI is InChI=1S/C24H26FN5O2S/c1-4-5-14-29-22(32)19-8-6-7-9-20(19)30-23(29)27-28-24(30)33-16(3)21(31)26-15(2)17-10-12-18(25)13-11-17/h6-13,15-16H,4-5,14H2,1-3H3,(H,26,31)/t15-,16-/m0/s1. The third-order valence-electron chi connectivity index (χ3n) is 5.59. The van der Waals surface area contributed by atoms with E-state index in [9.17, 15) is 14.0 Å². The summed E-state index contributed by atoms with van der Waals surface area (Å²) in [4.78, 5) is 25.9. The van der Waals surface area contributed by atoms with E-state index in [0.717, 1.165) is 18.4 Å². The summed E-state index contributed by atoms with van der Waals surface area (Å²) < 4.78 is 16.7. The Balaban J connectivity index is 1.63. The number of unbranched alkanes of at least 4 members (excludes halogenated alkanes) is 1. The van der Waals surface area contributed by atoms with E-state index in [4.69, 9.17) is 0 Å². The molecule has 0 aliphatic carbocycles. The van der Waals surface area contributed by atoms with E-state index in [-0.39, 0.29) is 23.3 Å². The number of aromatic nitrogens is 4. The number of rotatable bonds is 8. The van der Waals surface area contributed by atoms with Crippen LogP contribution in [0.4, 0.5) is 4.39 Å². The van der Waals surface area contributed by atoms with Crippen LogP contribution in [0.5, 0.6) is 0 Å². The maximum Gasteiger partial charge on any atom is 0.262 e. The lowest BCUT2D eigenvalue weighted by atomic mass is 10.1. The van der Waals surface area contributed by atoms with Gasteiger partial charge in [0.2, 0.25) is 11.7 Å². The average Bonchev–Trinajstić information content (AvgIpc) is 3.22. The third-order valence-corrected chi connectivity index (χ3v) is 6.64. The molecule has 2 heterocycles. The highest BCUT2D eigenvalue weighted by atomic mass is 32.2. The fraction of sp³-hybridized carbons (Fsp3) is 0.333. The Bertz CT molecular complexity index is 1350. The Morgan fingerprint density at radius 1 is 1.12 bits per heavy atom. The topological polar surface area (TPSA) is 81.3 Å². The van der Waals surface area contributed by atoms with E-state index in [1.807, 2.05) is 29.5 Å². The van der Waals surface area contributed by atoms with Crippen molar-refractivity contribution in [3.8, 4) is 0 Å². The van der Waals surface area contributed by atoms with Crippen molar-refractivity contribution in [1.82, 2.24) is 24.5 Å². The van der Waals surface area contributed by atoms with Gasteiger partial charge in [-0.15, -0.1) is 10.2 Å². The molecule has 0 saturated heterocycles. The molecule has 2 aromatic heterocycles. The van der Waals surface area contributed by atoms with Crippen molar-refractivity contribution in [2.24, 2.45) is 0 Å². The number of carbonyl (C=O) groups excluding carboxylic acids is 1. The van der Waals surface area contributed by atoms with Crippen LogP contribution in [-0.2, 0) is 11.3 Å². The SMILES string of the molecule is CCCCn1c(=O)c2ccccc2n2c(S[C@@H](C)C(=O)N[C@@H](C)c3ccc(F)cc3)nnc12. The number of carbonyl (C=O) groups is 1. The van der Waals surface area contributed by atoms with Crippen molar-refractivity contribution in [2.75, 3.05) is 0 Å². The summed E-state index contributed by atoms with van der Waals surface area (Å²) in [6.07, 6.45) is 1.80. The average molecular weight is 468 g/mol. The molecule has 0 bridgehead atoms. The van der Waals surface area contributed by atoms with Gasteiger partial charge in [-0.2, -0.15) is 0 Å². The van der Waals surface area contributed by atoms with Gasteiger partial charge < -0.3 is 5.32 Å². The maximum atomic E-state index is 13.2. The minimum absolute atomic E-state index is 0.0885. The van der Waals surface area contributed by atoms with E-state index in [0.29, 0.717) is 28.4 Å². The monoisotopic (exact) mass is 467 g/mol. The predicted octanol–water partition coefficient (Wildman–Crippen LogP) is 4.34. The van der Waals surface area contributed by atoms with Crippen LogP contribution in [0.2, 0.25) is 0 Å². The van der Waals surface area contributed by atoms with Crippen molar-refractivity contribution in [3.63, 3.8) is 0 Å². The zero-order valence-electron chi connectivity index (χ0n) is 18.8. The summed E-state index contributed by atoms with van der Waals surface area (Å²) in [7, 11) is 0. The van der Waals surface area contributed by atoms with Gasteiger partial charge in [-0.1, -0.05) is 49.4 Å². The number of hydrogen-bond acceptors (Lipinski definition) is 5. The molecule has 4 aromatic rings. The van der Waals surface area contributed by atoms with Gasteiger partial charge in [0.15, 0.2) is 5.16 Å². The molecular weight excluding hydrogens is 441 g/mol. The normalized spacial score (nSPS) is 13.3. The van der Waals surface area contributed by atoms with Crippen LogP contribution in [0.15, 0.2) is 58.5 Å². The molecule has 0 fully saturated rings. The molecule has 0 unspecified atom stereocenters. The lowest BCUT2D eigenvalue weighted by Gasteiger charge is -2.17. The molecule has 1 amide bonds. The molecule has 0 aliphatic heterocycles. The fourth-order valence-corrected chi connectivity index (χ4v) is 4.57. The second-order valence-corrected chi connectivity index (χ2v) is 9.30. The fourth-order valence-electron chi connectivity index (χ4n) is 3.70. The first-order valence-electron chi connectivity index (χ1n) is 11.0. The van der Waals surface area contributed by atoms with Crippen molar-refractivity contribution < 1.29 is 9.18 Å². The van der Waals surface area contributed by atoms with Crippen molar-refractivity contribution in [3.05, 3.63) is 70.3 Å². The second kappa shape index (κ2) is 9.74. The summed E-state index contributed by atoms with van der Waals surface area (Å²) >= 11 is 1.28. The number of nitrogens with one attached hydrogen (secondary N) is 1. The number of thioether (sulfide) groups is 1. The van der Waals surface area contributed by atoms with Gasteiger partial charge in [0.05, 0.1) is 22.2 Å². The van der Waals surface area contributed by atoms with E-state index in [2.05, 4.69) is 22.4 Å². The molecule has 2 atom stereocenters. The summed E-state index contributed by atoms with van der Waals surface area (Å²) in [5, 5.41) is 12.3. The predicted molar refractivity (Wildman–Crippen MR) is 128 cm³/mol. The van der Waals surface area contributed by atoms with E-state index in [1.165, 1.54) is 23.9 Å². The first kappa shape index (κ1) is 23.0. The smallest absolute Gasteiger partial charge is 0.262 e. The molecule has 1 N–H and O–H groups in total. The van der Waals surface area contributed by atoms with E-state index < -0.39 is 5.25 Å². The number of benzene rings is 2. The number of aryl methyl sites for hydroxylation is 1. The molecule has 0 radical (unpaired) electrons. The highest BCUT2D eigenvalue weighted by molar-refractivity contribution is 8.00. The van der Waals surface area contributed by atoms with Gasteiger partial charge in [0.25, 0.3) is 5.56 Å². The molecule has 9 heteroatoms. The van der Waals surface area contributed by atoms with Crippen molar-refractivity contribution >= 4 is 34.3 Å². The largest absolute Gasteiger partial charge is 0.349 e. The second-order valence-electron chi connectivity index (χ2n) is 7.99. The van der Waals surface area contributed by atoms with E-state index >= 15 is 0 Å². The molecule has 2 aromatic carbocycles. The lowest BCUT2D eigenvalue weighted by Crippen LogP contribution is -2.33. The van der Waals surface area contributed by atoms with Crippen LogP contribution >= 0.6 is 11.8 Å². The summed E-state index contributed by atoms with van der Waals surface area (Å²) in [6, 6.07) is 13.2. The molecule has 7 nitrogen and oxygen atoms in total. The molecule has 33 heavy (non-hydrogen) atoms. The highest BCUT2D eigenvalue weighted by Gasteiger charge is 2.22. The van der Waals surface area contributed by atoms with Gasteiger partial charge in [-0.05, 0) is 50.1 Å². The molecule has 172 valence electrons. The van der Waals surface area contributed by atoms with Gasteiger partial charge in [-0.3, -0.25) is 18.6 Å². The van der Waals surface area contributed by atoms with Crippen LogP contribution in [0.1, 0.15) is 45.2 Å². The third kappa shape index (κ3) is 4.64. The first-order chi connectivity index (χ1) is 15.9. The maximum absolute atomic E-state index is 13.2. The number of halogens is 1. The zero-order chi connectivity index (χ0) is 23.5. The first-order valence-corrected chi connectivity index (χ1v) is 11.9. The molecule has 0 aliphatic rings. The number of amides is 1. The van der Waals surface area contributed by atoms with Gasteiger partial charge >= 0.3 is 0 Å². The van der Waals surface area contributed by atoms with Crippen LogP contribution in [-0.4, -0.2) is 30.3 Å². The summed E-state index contributed by atoms with van der Waals surface area (Å²) in [6.45, 7) is 6.28. The van der Waals surface area contributed by atoms with E-state index in [1.54, 1.807) is 29.7 Å².